The van der Waals surface area contributed by atoms with Gasteiger partial charge in [-0.05, 0) is 24.3 Å². The van der Waals surface area contributed by atoms with Gasteiger partial charge in [0.1, 0.15) is 12.4 Å². The van der Waals surface area contributed by atoms with E-state index in [0.29, 0.717) is 19.1 Å². The molecule has 0 spiro atoms. The number of ether oxygens (including phenoxy) is 1. The first-order valence-electron chi connectivity index (χ1n) is 6.50. The maximum Gasteiger partial charge on any atom is 0.205 e. The van der Waals surface area contributed by atoms with Gasteiger partial charge in [0.25, 0.3) is 0 Å². The average molecular weight is 268 g/mol. The molecular formula is C15H16N4O. The summed E-state index contributed by atoms with van der Waals surface area (Å²) >= 11 is 0. The van der Waals surface area contributed by atoms with Gasteiger partial charge in [-0.1, -0.05) is 18.2 Å². The van der Waals surface area contributed by atoms with E-state index in [-0.39, 0.29) is 0 Å². The van der Waals surface area contributed by atoms with Crippen molar-refractivity contribution >= 4 is 22.7 Å². The second kappa shape index (κ2) is 5.63. The third-order valence-corrected chi connectivity index (χ3v) is 2.87. The van der Waals surface area contributed by atoms with Crippen LogP contribution in [0.25, 0.3) is 11.0 Å². The second-order valence-corrected chi connectivity index (χ2v) is 4.39. The second-order valence-electron chi connectivity index (χ2n) is 4.39. The molecule has 3 rings (SSSR count). The quantitative estimate of drug-likeness (QED) is 0.665. The number of aromatic nitrogens is 2. The number of H-pyrrole nitrogens is 1. The van der Waals surface area contributed by atoms with Crippen molar-refractivity contribution in [3.05, 3.63) is 48.5 Å². The Morgan fingerprint density at radius 2 is 2.05 bits per heavy atom. The molecule has 102 valence electrons. The molecular weight excluding hydrogens is 252 g/mol. The lowest BCUT2D eigenvalue weighted by Crippen LogP contribution is -2.10. The molecule has 4 N–H and O–H groups in total. The van der Waals surface area contributed by atoms with Crippen LogP contribution in [0.2, 0.25) is 0 Å². The van der Waals surface area contributed by atoms with Gasteiger partial charge in [-0.15, -0.1) is 0 Å². The van der Waals surface area contributed by atoms with Crippen LogP contribution in [0, 0.1) is 0 Å². The molecule has 0 radical (unpaired) electrons. The lowest BCUT2D eigenvalue weighted by molar-refractivity contribution is 0.328. The van der Waals surface area contributed by atoms with E-state index in [9.17, 15) is 0 Å². The molecule has 0 saturated carbocycles. The van der Waals surface area contributed by atoms with Crippen molar-refractivity contribution in [2.45, 2.75) is 0 Å². The Hall–Kier alpha value is -2.53. The zero-order valence-electron chi connectivity index (χ0n) is 11.0. The van der Waals surface area contributed by atoms with Crippen LogP contribution >= 0.6 is 0 Å². The van der Waals surface area contributed by atoms with Gasteiger partial charge in [-0.25, -0.2) is 4.98 Å². The van der Waals surface area contributed by atoms with E-state index < -0.39 is 0 Å². The lowest BCUT2D eigenvalue weighted by Gasteiger charge is -2.07. The van der Waals surface area contributed by atoms with Gasteiger partial charge in [0.2, 0.25) is 5.95 Å². The largest absolute Gasteiger partial charge is 0.492 e. The normalized spacial score (nSPS) is 10.7. The summed E-state index contributed by atoms with van der Waals surface area (Å²) in [6.45, 7) is 1.01. The number of hydrogen-bond donors (Lipinski definition) is 3. The number of aromatic amines is 1. The Labute approximate surface area is 116 Å². The van der Waals surface area contributed by atoms with E-state index in [0.717, 1.165) is 22.5 Å². The number of anilines is 2. The monoisotopic (exact) mass is 268 g/mol. The first-order chi connectivity index (χ1) is 9.85. The van der Waals surface area contributed by atoms with Crippen molar-refractivity contribution in [1.82, 2.24) is 9.97 Å². The molecule has 0 atom stereocenters. The van der Waals surface area contributed by atoms with Gasteiger partial charge < -0.3 is 20.8 Å². The van der Waals surface area contributed by atoms with E-state index in [1.807, 2.05) is 48.5 Å². The Morgan fingerprint density at radius 1 is 1.15 bits per heavy atom. The first kappa shape index (κ1) is 12.5. The number of benzene rings is 2. The van der Waals surface area contributed by atoms with Crippen LogP contribution in [-0.2, 0) is 0 Å². The molecule has 20 heavy (non-hydrogen) atoms. The summed E-state index contributed by atoms with van der Waals surface area (Å²) in [5.41, 5.74) is 8.28. The Morgan fingerprint density at radius 3 is 2.90 bits per heavy atom. The molecule has 0 amide bonds. The van der Waals surface area contributed by atoms with E-state index in [1.165, 1.54) is 0 Å². The zero-order valence-corrected chi connectivity index (χ0v) is 11.0. The molecule has 5 nitrogen and oxygen atoms in total. The smallest absolute Gasteiger partial charge is 0.205 e. The van der Waals surface area contributed by atoms with Crippen LogP contribution in [0.1, 0.15) is 0 Å². The maximum absolute atomic E-state index is 5.50. The fourth-order valence-corrected chi connectivity index (χ4v) is 1.99. The molecule has 2 aromatic carbocycles. The fraction of sp³-hybridized carbons (Fsp3) is 0.133. The highest BCUT2D eigenvalue weighted by Gasteiger charge is 2.03. The van der Waals surface area contributed by atoms with Gasteiger partial charge in [0.05, 0.1) is 11.0 Å². The van der Waals surface area contributed by atoms with Gasteiger partial charge >= 0.3 is 0 Å². The summed E-state index contributed by atoms with van der Waals surface area (Å²) in [6, 6.07) is 15.6. The highest BCUT2D eigenvalue weighted by atomic mass is 16.5. The molecule has 5 heteroatoms. The predicted molar refractivity (Wildman–Crippen MR) is 80.4 cm³/mol. The van der Waals surface area contributed by atoms with Crippen LogP contribution in [0.4, 0.5) is 11.6 Å². The molecule has 0 aliphatic rings. The molecule has 0 aliphatic heterocycles. The molecule has 1 heterocycles. The summed E-state index contributed by atoms with van der Waals surface area (Å²) in [5.74, 6) is 1.50. The van der Waals surface area contributed by atoms with Gasteiger partial charge in [0, 0.05) is 18.3 Å². The number of nitrogens with zero attached hydrogens (tertiary/aromatic N) is 1. The molecule has 0 saturated heterocycles. The number of nitrogens with one attached hydrogen (secondary N) is 2. The number of hydrogen-bond acceptors (Lipinski definition) is 4. The van der Waals surface area contributed by atoms with E-state index in [2.05, 4.69) is 15.3 Å². The highest BCUT2D eigenvalue weighted by molar-refractivity contribution is 5.78. The number of nitrogens with two attached hydrogens (primary N) is 1. The Balaban J connectivity index is 1.79. The summed E-state index contributed by atoms with van der Waals surface area (Å²) in [7, 11) is 0. The minimum atomic E-state index is 0.501. The number of para-hydroxylation sites is 2. The topological polar surface area (TPSA) is 76.0 Å². The lowest BCUT2D eigenvalue weighted by atomic mass is 10.3. The summed E-state index contributed by atoms with van der Waals surface area (Å²) in [6.07, 6.45) is 0. The fourth-order valence-electron chi connectivity index (χ4n) is 1.99. The predicted octanol–water partition coefficient (Wildman–Crippen LogP) is 2.64. The van der Waals surface area contributed by atoms with E-state index >= 15 is 0 Å². The van der Waals surface area contributed by atoms with Crippen LogP contribution in [0.3, 0.4) is 0 Å². The van der Waals surface area contributed by atoms with Gasteiger partial charge in [-0.2, -0.15) is 0 Å². The number of rotatable bonds is 5. The van der Waals surface area contributed by atoms with Crippen molar-refractivity contribution < 1.29 is 4.74 Å². The van der Waals surface area contributed by atoms with Crippen LogP contribution < -0.4 is 15.8 Å². The van der Waals surface area contributed by atoms with E-state index in [4.69, 9.17) is 10.5 Å². The SMILES string of the molecule is NCCOc1cccc(Nc2nc3ccccc3[nH]2)c1. The number of fused-ring (bicyclic) bond motifs is 1. The van der Waals surface area contributed by atoms with Crippen molar-refractivity contribution in [3.8, 4) is 5.75 Å². The minimum Gasteiger partial charge on any atom is -0.492 e. The van der Waals surface area contributed by atoms with Crippen molar-refractivity contribution in [2.24, 2.45) is 5.73 Å². The summed E-state index contributed by atoms with van der Waals surface area (Å²) in [5, 5.41) is 3.23. The van der Waals surface area contributed by atoms with E-state index in [1.54, 1.807) is 0 Å². The van der Waals surface area contributed by atoms with Crippen molar-refractivity contribution in [2.75, 3.05) is 18.5 Å². The number of imidazole rings is 1. The van der Waals surface area contributed by atoms with Crippen LogP contribution in [-0.4, -0.2) is 23.1 Å². The third kappa shape index (κ3) is 2.73. The molecule has 0 unspecified atom stereocenters. The Kier molecular flexibility index (Phi) is 3.52. The highest BCUT2D eigenvalue weighted by Crippen LogP contribution is 2.21. The maximum atomic E-state index is 5.50. The van der Waals surface area contributed by atoms with Crippen LogP contribution in [0.5, 0.6) is 5.75 Å². The van der Waals surface area contributed by atoms with Gasteiger partial charge in [0.15, 0.2) is 0 Å². The van der Waals surface area contributed by atoms with Crippen molar-refractivity contribution in [1.29, 1.82) is 0 Å². The minimum absolute atomic E-state index is 0.501. The molecule has 3 aromatic rings. The molecule has 0 aliphatic carbocycles. The van der Waals surface area contributed by atoms with Crippen molar-refractivity contribution in [3.63, 3.8) is 0 Å². The average Bonchev–Trinajstić information content (AvgIpc) is 2.87. The summed E-state index contributed by atoms with van der Waals surface area (Å²) in [4.78, 5) is 7.70. The summed E-state index contributed by atoms with van der Waals surface area (Å²) < 4.78 is 5.50. The zero-order chi connectivity index (χ0) is 13.8. The standard InChI is InChI=1S/C15H16N4O/c16-8-9-20-12-5-3-4-11(10-12)17-15-18-13-6-1-2-7-14(13)19-15/h1-7,10H,8-9,16H2,(H2,17,18,19). The molecule has 0 bridgehead atoms. The van der Waals surface area contributed by atoms with Gasteiger partial charge in [-0.3, -0.25) is 0 Å². The Bertz CT molecular complexity index is 675. The van der Waals surface area contributed by atoms with Crippen LogP contribution in [0.15, 0.2) is 48.5 Å². The molecule has 1 aromatic heterocycles. The third-order valence-electron chi connectivity index (χ3n) is 2.87. The first-order valence-corrected chi connectivity index (χ1v) is 6.50. The molecule has 0 fully saturated rings.